The monoisotopic (exact) mass is 402 g/mol. The van der Waals surface area contributed by atoms with E-state index in [1.807, 2.05) is 13.8 Å². The molecule has 116 valence electrons. The van der Waals surface area contributed by atoms with Crippen LogP contribution in [-0.4, -0.2) is 12.1 Å². The summed E-state index contributed by atoms with van der Waals surface area (Å²) in [5, 5.41) is 0.734. The largest absolute Gasteiger partial charge is 0.490 e. The smallest absolute Gasteiger partial charge is 0.347 e. The molecule has 0 aliphatic rings. The van der Waals surface area contributed by atoms with Crippen LogP contribution < -0.4 is 9.47 Å². The average Bonchev–Trinajstić information content (AvgIpc) is 2.43. The maximum atomic E-state index is 12.4. The third-order valence-corrected chi connectivity index (χ3v) is 3.64. The molecule has 22 heavy (non-hydrogen) atoms. The van der Waals surface area contributed by atoms with Gasteiger partial charge in [-0.15, -0.1) is 0 Å². The van der Waals surface area contributed by atoms with Gasteiger partial charge in [-0.05, 0) is 50.2 Å². The lowest BCUT2D eigenvalue weighted by Crippen LogP contribution is -2.14. The van der Waals surface area contributed by atoms with Crippen LogP contribution >= 0.6 is 39.1 Å². The molecule has 0 spiro atoms. The maximum Gasteiger partial charge on any atom is 0.347 e. The van der Waals surface area contributed by atoms with Gasteiger partial charge in [-0.1, -0.05) is 39.1 Å². The molecule has 6 heteroatoms. The minimum Gasteiger partial charge on any atom is -0.490 e. The first-order valence-corrected chi connectivity index (χ1v) is 8.05. The maximum absolute atomic E-state index is 12.4. The molecule has 2 aromatic carbocycles. The molecule has 0 radical (unpaired) electrons. The van der Waals surface area contributed by atoms with Gasteiger partial charge in [0.1, 0.15) is 17.1 Å². The molecule has 0 aliphatic carbocycles. The van der Waals surface area contributed by atoms with Crippen molar-refractivity contribution >= 4 is 45.1 Å². The zero-order valence-electron chi connectivity index (χ0n) is 11.9. The Hall–Kier alpha value is -1.23. The van der Waals surface area contributed by atoms with Crippen LogP contribution in [0.3, 0.4) is 0 Å². The van der Waals surface area contributed by atoms with E-state index in [0.29, 0.717) is 16.3 Å². The van der Waals surface area contributed by atoms with Crippen molar-refractivity contribution in [3.8, 4) is 11.5 Å². The van der Waals surface area contributed by atoms with E-state index in [9.17, 15) is 4.79 Å². The van der Waals surface area contributed by atoms with Crippen molar-refractivity contribution in [2.45, 2.75) is 20.0 Å². The van der Waals surface area contributed by atoms with Crippen LogP contribution in [0.15, 0.2) is 40.9 Å². The molecule has 0 aliphatic heterocycles. The van der Waals surface area contributed by atoms with Crippen LogP contribution in [0.4, 0.5) is 0 Å². The Kier molecular flexibility index (Phi) is 5.73. The van der Waals surface area contributed by atoms with Gasteiger partial charge < -0.3 is 9.47 Å². The Morgan fingerprint density at radius 2 is 1.77 bits per heavy atom. The lowest BCUT2D eigenvalue weighted by Gasteiger charge is -2.14. The van der Waals surface area contributed by atoms with E-state index in [-0.39, 0.29) is 16.9 Å². The Morgan fingerprint density at radius 1 is 1.09 bits per heavy atom. The van der Waals surface area contributed by atoms with Gasteiger partial charge >= 0.3 is 5.97 Å². The number of halogens is 3. The molecule has 0 saturated heterocycles. The van der Waals surface area contributed by atoms with Crippen molar-refractivity contribution < 1.29 is 14.3 Å². The summed E-state index contributed by atoms with van der Waals surface area (Å²) in [7, 11) is 0. The first-order valence-electron chi connectivity index (χ1n) is 6.50. The van der Waals surface area contributed by atoms with Crippen molar-refractivity contribution in [2.75, 3.05) is 0 Å². The first-order chi connectivity index (χ1) is 10.4. The van der Waals surface area contributed by atoms with E-state index < -0.39 is 5.97 Å². The van der Waals surface area contributed by atoms with Crippen LogP contribution in [-0.2, 0) is 0 Å². The molecule has 0 fully saturated rings. The van der Waals surface area contributed by atoms with Gasteiger partial charge in [0.2, 0.25) is 0 Å². The zero-order valence-corrected chi connectivity index (χ0v) is 15.0. The Balaban J connectivity index is 2.30. The van der Waals surface area contributed by atoms with Gasteiger partial charge in [0, 0.05) is 9.50 Å². The summed E-state index contributed by atoms with van der Waals surface area (Å²) < 4.78 is 11.7. The number of esters is 1. The predicted molar refractivity (Wildman–Crippen MR) is 91.3 cm³/mol. The highest BCUT2D eigenvalue weighted by atomic mass is 79.9. The van der Waals surface area contributed by atoms with Crippen molar-refractivity contribution in [1.29, 1.82) is 0 Å². The topological polar surface area (TPSA) is 35.5 Å². The fourth-order valence-electron chi connectivity index (χ4n) is 1.73. The number of hydrogen-bond acceptors (Lipinski definition) is 3. The number of benzene rings is 2. The molecule has 0 N–H and O–H groups in total. The Labute approximate surface area is 147 Å². The lowest BCUT2D eigenvalue weighted by molar-refractivity contribution is 0.0728. The fraction of sp³-hybridized carbons (Fsp3) is 0.188. The van der Waals surface area contributed by atoms with E-state index >= 15 is 0 Å². The quantitative estimate of drug-likeness (QED) is 0.480. The third kappa shape index (κ3) is 4.38. The van der Waals surface area contributed by atoms with Crippen LogP contribution in [0.2, 0.25) is 10.0 Å². The third-order valence-electron chi connectivity index (χ3n) is 2.62. The van der Waals surface area contributed by atoms with E-state index in [1.54, 1.807) is 30.3 Å². The summed E-state index contributed by atoms with van der Waals surface area (Å²) in [5.41, 5.74) is 0.314. The van der Waals surface area contributed by atoms with E-state index in [2.05, 4.69) is 15.9 Å². The first kappa shape index (κ1) is 17.1. The second-order valence-electron chi connectivity index (χ2n) is 4.77. The van der Waals surface area contributed by atoms with Crippen molar-refractivity contribution in [3.63, 3.8) is 0 Å². The molecule has 0 aromatic heterocycles. The number of rotatable bonds is 4. The summed E-state index contributed by atoms with van der Waals surface area (Å²) in [6, 6.07) is 9.81. The number of carbonyl (C=O) groups excluding carboxylic acids is 1. The van der Waals surface area contributed by atoms with Crippen molar-refractivity contribution in [1.82, 2.24) is 0 Å². The van der Waals surface area contributed by atoms with Crippen molar-refractivity contribution in [3.05, 3.63) is 56.5 Å². The van der Waals surface area contributed by atoms with Crippen LogP contribution in [0.5, 0.6) is 11.5 Å². The lowest BCUT2D eigenvalue weighted by atomic mass is 10.2. The summed E-state index contributed by atoms with van der Waals surface area (Å²) in [6.45, 7) is 3.76. The van der Waals surface area contributed by atoms with Gasteiger partial charge in [0.05, 0.1) is 11.1 Å². The standard InChI is InChI=1S/C16H13BrCl2O3/c1-9(2)21-14-5-3-10(17)7-12(14)16(20)22-15-6-4-11(18)8-13(15)19/h3-9H,1-2H3. The van der Waals surface area contributed by atoms with E-state index in [1.165, 1.54) is 6.07 Å². The van der Waals surface area contributed by atoms with Gasteiger partial charge in [-0.2, -0.15) is 0 Å². The van der Waals surface area contributed by atoms with Crippen LogP contribution in [0.25, 0.3) is 0 Å². The normalized spacial score (nSPS) is 10.6. The molecule has 0 amide bonds. The number of hydrogen-bond donors (Lipinski definition) is 0. The Morgan fingerprint density at radius 3 is 2.41 bits per heavy atom. The zero-order chi connectivity index (χ0) is 16.3. The van der Waals surface area contributed by atoms with Crippen LogP contribution in [0, 0.1) is 0 Å². The molecular weight excluding hydrogens is 391 g/mol. The average molecular weight is 404 g/mol. The van der Waals surface area contributed by atoms with Crippen LogP contribution in [0.1, 0.15) is 24.2 Å². The highest BCUT2D eigenvalue weighted by Crippen LogP contribution is 2.30. The SMILES string of the molecule is CC(C)Oc1ccc(Br)cc1C(=O)Oc1ccc(Cl)cc1Cl. The summed E-state index contributed by atoms with van der Waals surface area (Å²) in [6.07, 6.45) is -0.0631. The van der Waals surface area contributed by atoms with Gasteiger partial charge in [0.25, 0.3) is 0 Å². The van der Waals surface area contributed by atoms with Gasteiger partial charge in [0.15, 0.2) is 0 Å². The molecule has 0 saturated carbocycles. The van der Waals surface area contributed by atoms with Gasteiger partial charge in [-0.25, -0.2) is 4.79 Å². The highest BCUT2D eigenvalue weighted by molar-refractivity contribution is 9.10. The van der Waals surface area contributed by atoms with E-state index in [4.69, 9.17) is 32.7 Å². The number of carbonyl (C=O) groups is 1. The molecule has 0 bridgehead atoms. The van der Waals surface area contributed by atoms with Crippen molar-refractivity contribution in [2.24, 2.45) is 0 Å². The Bertz CT molecular complexity index is 702. The number of ether oxygens (including phenoxy) is 2. The minimum atomic E-state index is -0.554. The molecule has 0 atom stereocenters. The second-order valence-corrected chi connectivity index (χ2v) is 6.53. The van der Waals surface area contributed by atoms with E-state index in [0.717, 1.165) is 4.47 Å². The molecule has 2 aromatic rings. The fourth-order valence-corrected chi connectivity index (χ4v) is 2.54. The second kappa shape index (κ2) is 7.36. The summed E-state index contributed by atoms with van der Waals surface area (Å²) in [4.78, 5) is 12.4. The predicted octanol–water partition coefficient (Wildman–Crippen LogP) is 5.76. The minimum absolute atomic E-state index is 0.0631. The molecule has 2 rings (SSSR count). The molecule has 0 unspecified atom stereocenters. The molecule has 3 nitrogen and oxygen atoms in total. The highest BCUT2D eigenvalue weighted by Gasteiger charge is 2.18. The molecular formula is C16H13BrCl2O3. The molecule has 0 heterocycles. The summed E-state index contributed by atoms with van der Waals surface area (Å²) in [5.74, 6) is 0.140. The summed E-state index contributed by atoms with van der Waals surface area (Å²) >= 11 is 15.2. The van der Waals surface area contributed by atoms with Gasteiger partial charge in [-0.3, -0.25) is 0 Å².